The number of hydrogen-bond acceptors (Lipinski definition) is 8. The zero-order chi connectivity index (χ0) is 25.0. The van der Waals surface area contributed by atoms with Crippen LogP contribution < -0.4 is 14.2 Å². The van der Waals surface area contributed by atoms with Gasteiger partial charge in [-0.2, -0.15) is 0 Å². The molecule has 0 saturated carbocycles. The van der Waals surface area contributed by atoms with E-state index in [0.717, 1.165) is 11.0 Å². The fraction of sp³-hybridized carbons (Fsp3) is 0.400. The van der Waals surface area contributed by atoms with Gasteiger partial charge >= 0.3 is 11.9 Å². The molecule has 2 unspecified atom stereocenters. The van der Waals surface area contributed by atoms with E-state index in [9.17, 15) is 14.4 Å². The van der Waals surface area contributed by atoms with Crippen LogP contribution in [0.4, 0.5) is 0 Å². The lowest BCUT2D eigenvalue weighted by atomic mass is 9.87. The van der Waals surface area contributed by atoms with Crippen LogP contribution in [0.3, 0.4) is 0 Å². The third-order valence-corrected chi connectivity index (χ3v) is 6.44. The Bertz CT molecular complexity index is 1100. The van der Waals surface area contributed by atoms with Crippen LogP contribution in [0.5, 0.6) is 17.2 Å². The molecule has 1 aliphatic heterocycles. The summed E-state index contributed by atoms with van der Waals surface area (Å²) in [6.07, 6.45) is 0.684. The normalized spacial score (nSPS) is 17.8. The fourth-order valence-corrected chi connectivity index (χ4v) is 4.71. The molecule has 0 spiro atoms. The van der Waals surface area contributed by atoms with Gasteiger partial charge in [-0.25, -0.2) is 4.79 Å². The number of ether oxygens (including phenoxy) is 4. The van der Waals surface area contributed by atoms with Gasteiger partial charge in [0, 0.05) is 28.9 Å². The Morgan fingerprint density at radius 2 is 1.79 bits per heavy atom. The van der Waals surface area contributed by atoms with Gasteiger partial charge in [-0.15, -0.1) is 0 Å². The summed E-state index contributed by atoms with van der Waals surface area (Å²) in [6, 6.07) is 8.22. The van der Waals surface area contributed by atoms with Crippen molar-refractivity contribution in [2.75, 3.05) is 34.4 Å². The molecular weight excluding hydrogens is 506 g/mol. The Morgan fingerprint density at radius 3 is 2.38 bits per heavy atom. The number of carbonyl (C=O) groups is 3. The van der Waals surface area contributed by atoms with Gasteiger partial charge in [0.05, 0.1) is 25.8 Å². The number of halogens is 1. The molecule has 0 aromatic heterocycles. The van der Waals surface area contributed by atoms with E-state index in [-0.39, 0.29) is 47.4 Å². The first-order valence-electron chi connectivity index (χ1n) is 10.8. The quantitative estimate of drug-likeness (QED) is 0.282. The molecule has 0 amide bonds. The molecule has 1 heterocycles. The molecular formula is C25H28BrNO7. The van der Waals surface area contributed by atoms with Gasteiger partial charge in [-0.1, -0.05) is 22.0 Å². The van der Waals surface area contributed by atoms with E-state index < -0.39 is 5.97 Å². The van der Waals surface area contributed by atoms with Crippen LogP contribution in [-0.2, 0) is 9.53 Å². The lowest BCUT2D eigenvalue weighted by Gasteiger charge is -2.28. The second-order valence-electron chi connectivity index (χ2n) is 8.10. The van der Waals surface area contributed by atoms with E-state index >= 15 is 0 Å². The summed E-state index contributed by atoms with van der Waals surface area (Å²) < 4.78 is 23.1. The summed E-state index contributed by atoms with van der Waals surface area (Å²) in [5.41, 5.74) is 1.04. The third-order valence-electron chi connectivity index (χ3n) is 5.94. The summed E-state index contributed by atoms with van der Waals surface area (Å²) >= 11 is 3.36. The number of hydrogen-bond donors (Lipinski definition) is 0. The highest BCUT2D eigenvalue weighted by Crippen LogP contribution is 2.48. The molecule has 8 nitrogen and oxygen atoms in total. The summed E-state index contributed by atoms with van der Waals surface area (Å²) in [7, 11) is 4.88. The van der Waals surface area contributed by atoms with Gasteiger partial charge in [-0.3, -0.25) is 14.5 Å². The predicted molar refractivity (Wildman–Crippen MR) is 129 cm³/mol. The van der Waals surface area contributed by atoms with Gasteiger partial charge in [0.2, 0.25) is 0 Å². The number of ketones is 1. The predicted octanol–water partition coefficient (Wildman–Crippen LogP) is 4.24. The maximum atomic E-state index is 13.2. The van der Waals surface area contributed by atoms with Crippen molar-refractivity contribution in [2.24, 2.45) is 0 Å². The lowest BCUT2D eigenvalue weighted by Crippen LogP contribution is -2.34. The van der Waals surface area contributed by atoms with Gasteiger partial charge in [-0.05, 0) is 45.1 Å². The first-order valence-corrected chi connectivity index (χ1v) is 11.6. The fourth-order valence-electron chi connectivity index (χ4n) is 4.31. The van der Waals surface area contributed by atoms with E-state index in [0.29, 0.717) is 23.3 Å². The minimum absolute atomic E-state index is 0.0989. The molecule has 0 bridgehead atoms. The van der Waals surface area contributed by atoms with Crippen molar-refractivity contribution in [3.63, 3.8) is 0 Å². The Kier molecular flexibility index (Phi) is 8.33. The molecule has 2 aromatic carbocycles. The summed E-state index contributed by atoms with van der Waals surface area (Å²) in [5, 5.41) is 0. The van der Waals surface area contributed by atoms with Crippen molar-refractivity contribution in [3.8, 4) is 17.2 Å². The van der Waals surface area contributed by atoms with Crippen LogP contribution in [0, 0.1) is 0 Å². The number of methoxy groups -OCH3 is 2. The number of esters is 2. The molecule has 0 N–H and O–H groups in total. The van der Waals surface area contributed by atoms with Crippen molar-refractivity contribution < 1.29 is 33.3 Å². The molecule has 1 saturated heterocycles. The second kappa shape index (κ2) is 11.0. The average Bonchev–Trinajstić information content (AvgIpc) is 3.16. The van der Waals surface area contributed by atoms with E-state index in [1.165, 1.54) is 28.1 Å². The standard InChI is InChI=1S/C25H28BrNO7/c1-14(28)22-20(31-4)12-21(32-5)23(18-9-10-27(3)19(18)13-33-15(2)29)24(22)34-25(30)16-7-6-8-17(26)11-16/h6-8,11-12,18-19H,9-10,13H2,1-5H3. The number of nitrogens with zero attached hydrogens (tertiary/aromatic N) is 1. The molecule has 34 heavy (non-hydrogen) atoms. The highest BCUT2D eigenvalue weighted by Gasteiger charge is 2.40. The van der Waals surface area contributed by atoms with E-state index in [1.54, 1.807) is 30.3 Å². The topological polar surface area (TPSA) is 91.4 Å². The van der Waals surface area contributed by atoms with E-state index in [4.69, 9.17) is 18.9 Å². The molecule has 9 heteroatoms. The third kappa shape index (κ3) is 5.42. The number of likely N-dealkylation sites (tertiary alicyclic amines) is 1. The Balaban J connectivity index is 2.19. The van der Waals surface area contributed by atoms with Gasteiger partial charge in [0.25, 0.3) is 0 Å². The van der Waals surface area contributed by atoms with Crippen molar-refractivity contribution in [3.05, 3.63) is 51.5 Å². The van der Waals surface area contributed by atoms with Crippen molar-refractivity contribution in [1.82, 2.24) is 4.90 Å². The van der Waals surface area contributed by atoms with Crippen LogP contribution in [0.1, 0.15) is 52.5 Å². The van der Waals surface area contributed by atoms with Crippen LogP contribution in [-0.4, -0.2) is 63.1 Å². The van der Waals surface area contributed by atoms with Gasteiger partial charge < -0.3 is 18.9 Å². The smallest absolute Gasteiger partial charge is 0.343 e. The highest BCUT2D eigenvalue weighted by atomic mass is 79.9. The second-order valence-corrected chi connectivity index (χ2v) is 9.02. The molecule has 1 fully saturated rings. The molecule has 3 rings (SSSR count). The number of carbonyl (C=O) groups excluding carboxylic acids is 3. The maximum Gasteiger partial charge on any atom is 0.343 e. The van der Waals surface area contributed by atoms with Gasteiger partial charge in [0.15, 0.2) is 11.5 Å². The molecule has 1 aliphatic rings. The maximum absolute atomic E-state index is 13.2. The first kappa shape index (κ1) is 25.7. The Morgan fingerprint density at radius 1 is 1.09 bits per heavy atom. The van der Waals surface area contributed by atoms with Crippen LogP contribution in [0.2, 0.25) is 0 Å². The van der Waals surface area contributed by atoms with Crippen molar-refractivity contribution in [1.29, 1.82) is 0 Å². The zero-order valence-electron chi connectivity index (χ0n) is 19.8. The van der Waals surface area contributed by atoms with Crippen LogP contribution >= 0.6 is 15.9 Å². The Labute approximate surface area is 207 Å². The largest absolute Gasteiger partial charge is 0.496 e. The number of rotatable bonds is 8. The molecule has 0 aliphatic carbocycles. The molecule has 2 atom stereocenters. The number of Topliss-reactive ketones (excluding diaryl/α,β-unsaturated/α-hetero) is 1. The number of likely N-dealkylation sites (N-methyl/N-ethyl adjacent to an activating group) is 1. The minimum atomic E-state index is -0.622. The summed E-state index contributed by atoms with van der Waals surface area (Å²) in [6.45, 7) is 3.62. The SMILES string of the molecule is COc1cc(OC)c(C2CCN(C)C2COC(C)=O)c(OC(=O)c2cccc(Br)c2)c1C(C)=O. The number of benzene rings is 2. The van der Waals surface area contributed by atoms with E-state index in [1.807, 2.05) is 7.05 Å². The summed E-state index contributed by atoms with van der Waals surface area (Å²) in [4.78, 5) is 39.5. The van der Waals surface area contributed by atoms with Crippen molar-refractivity contribution in [2.45, 2.75) is 32.2 Å². The Hall–Kier alpha value is -2.91. The average molecular weight is 534 g/mol. The highest BCUT2D eigenvalue weighted by molar-refractivity contribution is 9.10. The first-order chi connectivity index (χ1) is 16.2. The van der Waals surface area contributed by atoms with Crippen LogP contribution in [0.25, 0.3) is 0 Å². The van der Waals surface area contributed by atoms with Gasteiger partial charge in [0.1, 0.15) is 23.7 Å². The van der Waals surface area contributed by atoms with Crippen LogP contribution in [0.15, 0.2) is 34.8 Å². The lowest BCUT2D eigenvalue weighted by molar-refractivity contribution is -0.142. The van der Waals surface area contributed by atoms with Crippen molar-refractivity contribution >= 4 is 33.7 Å². The zero-order valence-corrected chi connectivity index (χ0v) is 21.4. The van der Waals surface area contributed by atoms with E-state index in [2.05, 4.69) is 20.8 Å². The monoisotopic (exact) mass is 533 g/mol. The molecule has 2 aromatic rings. The molecule has 182 valence electrons. The summed E-state index contributed by atoms with van der Waals surface area (Å²) in [5.74, 6) is -0.786. The minimum Gasteiger partial charge on any atom is -0.496 e. The molecule has 0 radical (unpaired) electrons.